The number of carbonyl (C=O) groups is 7. The largest absolute Gasteiger partial charge is 0.514 e. The minimum Gasteiger partial charge on any atom is -0.478 e. The van der Waals surface area contributed by atoms with Crippen LogP contribution < -0.4 is 21.1 Å². The van der Waals surface area contributed by atoms with Gasteiger partial charge in [-0.15, -0.1) is 11.8 Å². The average molecular weight is 683 g/mol. The molecule has 3 heterocycles. The molecule has 3 aliphatic heterocycles. The van der Waals surface area contributed by atoms with Gasteiger partial charge in [0.1, 0.15) is 29.8 Å². The quantitative estimate of drug-likeness (QED) is 0.125. The van der Waals surface area contributed by atoms with Crippen LogP contribution in [0.25, 0.3) is 0 Å². The first-order valence-corrected chi connectivity index (χ1v) is 15.8. The number of urea groups is 1. The van der Waals surface area contributed by atoms with Crippen molar-refractivity contribution in [3.8, 4) is 5.75 Å². The predicted molar refractivity (Wildman–Crippen MR) is 168 cm³/mol. The third-order valence-corrected chi connectivity index (χ3v) is 10.1. The number of imide groups is 1. The Bertz CT molecular complexity index is 1650. The highest BCUT2D eigenvalue weighted by atomic mass is 32.2. The number of hydrogen-bond donors (Lipinski definition) is 4. The highest BCUT2D eigenvalue weighted by molar-refractivity contribution is 8.01. The third-order valence-electron chi connectivity index (χ3n) is 8.46. The van der Waals surface area contributed by atoms with Crippen LogP contribution in [0.5, 0.6) is 5.75 Å². The number of thioether (sulfide) groups is 1. The van der Waals surface area contributed by atoms with Crippen LogP contribution >= 0.6 is 11.8 Å². The summed E-state index contributed by atoms with van der Waals surface area (Å²) in [5.74, 6) is -4.88. The number of nitrogens with two attached hydrogens (primary N) is 1. The molecule has 0 bridgehead atoms. The van der Waals surface area contributed by atoms with Gasteiger partial charge in [-0.25, -0.2) is 14.4 Å². The Balaban J connectivity index is 1.33. The van der Waals surface area contributed by atoms with Crippen molar-refractivity contribution in [2.75, 3.05) is 19.6 Å². The number of carboxylic acids is 1. The molecular formula is C31H34N6O10S. The molecule has 0 aromatic heterocycles. The molecule has 5 N–H and O–H groups in total. The second kappa shape index (κ2) is 13.2. The lowest BCUT2D eigenvalue weighted by molar-refractivity contribution is -0.171. The molecular weight excluding hydrogens is 648 g/mol. The van der Waals surface area contributed by atoms with Crippen LogP contribution in [0.2, 0.25) is 0 Å². The molecule has 6 amide bonds. The molecule has 0 aliphatic carbocycles. The Hall–Kier alpha value is -5.16. The number of fused-ring (bicyclic) bond motifs is 1. The number of aliphatic carboxylic acids is 1. The Kier molecular flexibility index (Phi) is 9.37. The zero-order valence-corrected chi connectivity index (χ0v) is 27.0. The maximum atomic E-state index is 13.7. The fourth-order valence-electron chi connectivity index (χ4n) is 5.61. The number of likely N-dealkylation sites (N-methyl/N-ethyl adjacent to an activating group) is 1. The fourth-order valence-corrected chi connectivity index (χ4v) is 7.28. The van der Waals surface area contributed by atoms with Gasteiger partial charge in [0.15, 0.2) is 0 Å². The summed E-state index contributed by atoms with van der Waals surface area (Å²) in [6.45, 7) is 5.08. The zero-order valence-electron chi connectivity index (χ0n) is 26.2. The van der Waals surface area contributed by atoms with Gasteiger partial charge in [-0.05, 0) is 44.0 Å². The van der Waals surface area contributed by atoms with Gasteiger partial charge in [0, 0.05) is 19.6 Å². The van der Waals surface area contributed by atoms with E-state index in [4.69, 9.17) is 15.2 Å². The molecule has 2 aromatic rings. The van der Waals surface area contributed by atoms with Gasteiger partial charge in [0.25, 0.3) is 5.91 Å². The summed E-state index contributed by atoms with van der Waals surface area (Å²) in [4.78, 5) is 92.6. The van der Waals surface area contributed by atoms with Crippen molar-refractivity contribution in [2.24, 2.45) is 5.73 Å². The second-order valence-corrected chi connectivity index (χ2v) is 13.4. The monoisotopic (exact) mass is 682 g/mol. The molecule has 3 fully saturated rings. The summed E-state index contributed by atoms with van der Waals surface area (Å²) >= 11 is 1.11. The molecule has 2 aromatic carbocycles. The van der Waals surface area contributed by atoms with E-state index in [0.29, 0.717) is 4.90 Å². The standard InChI is InChI=1S/C31H34N6O10S/c1-4-35-14-15-36(25(41)24(35)40)28(44)34-20(18-10-12-19(13-11-18)47-29(45)46-16-17-8-6-5-7-9-17)22(38)33-21-23(39)37-26(21)48-30(2,3)31(37,32)27(42)43/h5-13,20-21,26H,4,14-16,32H2,1-3H3,(H,33,38)(H,34,44)(H,42,43)/t20?,21-,26+,31-/m0/s1. The fraction of sp³-hybridized carbons (Fsp3) is 0.387. The number of piperazine rings is 1. The predicted octanol–water partition coefficient (Wildman–Crippen LogP) is 0.762. The van der Waals surface area contributed by atoms with Crippen LogP contribution in [0.15, 0.2) is 54.6 Å². The Morgan fingerprint density at radius 2 is 1.69 bits per heavy atom. The van der Waals surface area contributed by atoms with E-state index < -0.39 is 69.7 Å². The summed E-state index contributed by atoms with van der Waals surface area (Å²) in [6, 6.07) is 10.7. The number of carboxylic acid groups (broad SMARTS) is 1. The summed E-state index contributed by atoms with van der Waals surface area (Å²) in [7, 11) is 0. The summed E-state index contributed by atoms with van der Waals surface area (Å²) < 4.78 is 9.21. The maximum Gasteiger partial charge on any atom is 0.514 e. The van der Waals surface area contributed by atoms with E-state index >= 15 is 0 Å². The Labute approximate surface area is 278 Å². The molecule has 48 heavy (non-hydrogen) atoms. The van der Waals surface area contributed by atoms with Crippen molar-refractivity contribution in [3.05, 3.63) is 65.7 Å². The first-order chi connectivity index (χ1) is 22.7. The number of amides is 6. The number of ether oxygens (including phenoxy) is 2. The molecule has 0 spiro atoms. The maximum absolute atomic E-state index is 13.7. The zero-order chi connectivity index (χ0) is 35.0. The van der Waals surface area contributed by atoms with Crippen molar-refractivity contribution >= 4 is 53.5 Å². The van der Waals surface area contributed by atoms with Crippen molar-refractivity contribution in [3.63, 3.8) is 0 Å². The highest BCUT2D eigenvalue weighted by Crippen LogP contribution is 2.54. The van der Waals surface area contributed by atoms with Crippen molar-refractivity contribution in [1.29, 1.82) is 0 Å². The lowest BCUT2D eigenvalue weighted by atomic mass is 9.89. The van der Waals surface area contributed by atoms with E-state index in [9.17, 15) is 38.7 Å². The number of nitrogens with one attached hydrogen (secondary N) is 2. The molecule has 0 saturated carbocycles. The summed E-state index contributed by atoms with van der Waals surface area (Å²) in [5.41, 5.74) is 5.08. The molecule has 4 atom stereocenters. The van der Waals surface area contributed by atoms with E-state index in [1.54, 1.807) is 45.0 Å². The summed E-state index contributed by atoms with van der Waals surface area (Å²) in [6.07, 6.45) is -0.981. The lowest BCUT2D eigenvalue weighted by Crippen LogP contribution is -2.79. The summed E-state index contributed by atoms with van der Waals surface area (Å²) in [5, 5.41) is 14.1. The molecule has 17 heteroatoms. The van der Waals surface area contributed by atoms with Gasteiger partial charge in [-0.1, -0.05) is 42.5 Å². The number of hydrogen-bond acceptors (Lipinski definition) is 11. The van der Waals surface area contributed by atoms with E-state index in [-0.39, 0.29) is 37.6 Å². The van der Waals surface area contributed by atoms with E-state index in [0.717, 1.165) is 22.2 Å². The van der Waals surface area contributed by atoms with Gasteiger partial charge < -0.3 is 30.1 Å². The van der Waals surface area contributed by atoms with Gasteiger partial charge in [0.2, 0.25) is 11.6 Å². The number of rotatable bonds is 9. The third kappa shape index (κ3) is 6.13. The van der Waals surface area contributed by atoms with Gasteiger partial charge in [-0.3, -0.25) is 34.7 Å². The number of carbonyl (C=O) groups excluding carboxylic acids is 6. The van der Waals surface area contributed by atoms with Crippen LogP contribution in [-0.4, -0.2) is 103 Å². The molecule has 3 aliphatic rings. The minimum atomic E-state index is -2.03. The molecule has 3 saturated heterocycles. The average Bonchev–Trinajstić information content (AvgIpc) is 3.26. The first kappa shape index (κ1) is 34.2. The molecule has 16 nitrogen and oxygen atoms in total. The lowest BCUT2D eigenvalue weighted by Gasteiger charge is -2.48. The van der Waals surface area contributed by atoms with Crippen LogP contribution in [0.3, 0.4) is 0 Å². The van der Waals surface area contributed by atoms with E-state index in [2.05, 4.69) is 10.6 Å². The molecule has 254 valence electrons. The number of benzene rings is 2. The topological polar surface area (TPSA) is 218 Å². The van der Waals surface area contributed by atoms with Crippen LogP contribution in [0.1, 0.15) is 37.9 Å². The van der Waals surface area contributed by atoms with Crippen LogP contribution in [0, 0.1) is 0 Å². The number of β-lactam (4-membered cyclic amide) rings is 1. The van der Waals surface area contributed by atoms with Gasteiger partial charge >= 0.3 is 30.0 Å². The highest BCUT2D eigenvalue weighted by Gasteiger charge is 2.71. The SMILES string of the molecule is CCN1CCN(C(=O)NC(C(=O)N[C@H]2C(=O)N3[C@@H]2SC(C)(C)[C@]3(N)C(=O)O)c2ccc(OC(=O)OCc3ccccc3)cc2)C(=O)C1=O. The second-order valence-electron chi connectivity index (χ2n) is 11.7. The Morgan fingerprint density at radius 1 is 1.02 bits per heavy atom. The normalized spacial score (nSPS) is 23.5. The molecule has 5 rings (SSSR count). The number of nitrogens with zero attached hydrogens (tertiary/aromatic N) is 3. The molecule has 0 radical (unpaired) electrons. The van der Waals surface area contributed by atoms with Crippen molar-refractivity contribution in [1.82, 2.24) is 25.3 Å². The van der Waals surface area contributed by atoms with Crippen LogP contribution in [-0.2, 0) is 35.3 Å². The van der Waals surface area contributed by atoms with Crippen molar-refractivity contribution < 1.29 is 48.1 Å². The minimum absolute atomic E-state index is 0.0225. The first-order valence-electron chi connectivity index (χ1n) is 14.9. The Morgan fingerprint density at radius 3 is 2.31 bits per heavy atom. The smallest absolute Gasteiger partial charge is 0.478 e. The van der Waals surface area contributed by atoms with E-state index in [1.807, 2.05) is 6.07 Å². The van der Waals surface area contributed by atoms with E-state index in [1.165, 1.54) is 29.2 Å². The van der Waals surface area contributed by atoms with Gasteiger partial charge in [-0.2, -0.15) is 0 Å². The molecule has 1 unspecified atom stereocenters. The van der Waals surface area contributed by atoms with Crippen molar-refractivity contribution in [2.45, 2.75) is 55.2 Å². The van der Waals surface area contributed by atoms with Crippen LogP contribution in [0.4, 0.5) is 9.59 Å². The van der Waals surface area contributed by atoms with Gasteiger partial charge in [0.05, 0.1) is 4.75 Å².